The highest BCUT2D eigenvalue weighted by Gasteiger charge is 2.28. The van der Waals surface area contributed by atoms with E-state index in [1.165, 1.54) is 4.90 Å². The number of nitrogens with two attached hydrogens (primary N) is 1. The van der Waals surface area contributed by atoms with Crippen molar-refractivity contribution in [1.29, 1.82) is 0 Å². The van der Waals surface area contributed by atoms with Gasteiger partial charge in [-0.25, -0.2) is 0 Å². The number of rotatable bonds is 1. The summed E-state index contributed by atoms with van der Waals surface area (Å²) in [5.41, 5.74) is 8.03. The number of anilines is 3. The molecular formula is C15H12BrN3O2. The fourth-order valence-corrected chi connectivity index (χ4v) is 2.71. The number of carbonyl (C=O) groups excluding carboxylic acids is 2. The Morgan fingerprint density at radius 3 is 2.76 bits per heavy atom. The number of para-hydroxylation sites is 2. The number of benzene rings is 2. The van der Waals surface area contributed by atoms with Gasteiger partial charge in [-0.2, -0.15) is 0 Å². The molecule has 2 aromatic carbocycles. The summed E-state index contributed by atoms with van der Waals surface area (Å²) in [6, 6.07) is 12.3. The second-order valence-electron chi connectivity index (χ2n) is 4.67. The van der Waals surface area contributed by atoms with Crippen LogP contribution < -0.4 is 16.0 Å². The molecule has 0 saturated heterocycles. The summed E-state index contributed by atoms with van der Waals surface area (Å²) < 4.78 is 0.540. The zero-order valence-corrected chi connectivity index (χ0v) is 12.6. The zero-order chi connectivity index (χ0) is 15.0. The van der Waals surface area contributed by atoms with E-state index in [4.69, 9.17) is 5.73 Å². The standard InChI is InChI=1S/C15H12BrN3O2/c16-14-9(4-3-5-10(14)17)15(21)19-8-13(20)18-11-6-1-2-7-12(11)19/h1-7H,8,17H2,(H,18,20). The van der Waals surface area contributed by atoms with Gasteiger partial charge in [0, 0.05) is 5.69 Å². The van der Waals surface area contributed by atoms with Crippen LogP contribution in [-0.2, 0) is 4.79 Å². The van der Waals surface area contributed by atoms with Crippen molar-refractivity contribution in [2.24, 2.45) is 0 Å². The lowest BCUT2D eigenvalue weighted by molar-refractivity contribution is -0.115. The number of hydrogen-bond acceptors (Lipinski definition) is 3. The predicted molar refractivity (Wildman–Crippen MR) is 85.3 cm³/mol. The molecule has 2 aromatic rings. The molecule has 0 bridgehead atoms. The normalized spacial score (nSPS) is 13.6. The first-order valence-electron chi connectivity index (χ1n) is 6.32. The van der Waals surface area contributed by atoms with E-state index in [9.17, 15) is 9.59 Å². The largest absolute Gasteiger partial charge is 0.398 e. The molecule has 0 aromatic heterocycles. The maximum atomic E-state index is 12.7. The van der Waals surface area contributed by atoms with Crippen molar-refractivity contribution in [3.63, 3.8) is 0 Å². The lowest BCUT2D eigenvalue weighted by Crippen LogP contribution is -2.42. The topological polar surface area (TPSA) is 75.4 Å². The summed E-state index contributed by atoms with van der Waals surface area (Å²) in [5.74, 6) is -0.487. The van der Waals surface area contributed by atoms with Crippen LogP contribution in [0.25, 0.3) is 0 Å². The minimum atomic E-state index is -0.267. The number of nitrogens with one attached hydrogen (secondary N) is 1. The average molecular weight is 346 g/mol. The Labute approximate surface area is 129 Å². The summed E-state index contributed by atoms with van der Waals surface area (Å²) in [7, 11) is 0. The van der Waals surface area contributed by atoms with E-state index in [-0.39, 0.29) is 18.4 Å². The Balaban J connectivity index is 2.06. The molecule has 0 atom stereocenters. The molecule has 5 nitrogen and oxygen atoms in total. The van der Waals surface area contributed by atoms with Gasteiger partial charge in [0.25, 0.3) is 5.91 Å². The predicted octanol–water partition coefficient (Wildman–Crippen LogP) is 2.63. The van der Waals surface area contributed by atoms with Crippen LogP contribution in [0.4, 0.5) is 17.1 Å². The van der Waals surface area contributed by atoms with E-state index < -0.39 is 0 Å². The van der Waals surface area contributed by atoms with Gasteiger partial charge in [-0.1, -0.05) is 18.2 Å². The molecule has 0 unspecified atom stereocenters. The van der Waals surface area contributed by atoms with Crippen LogP contribution in [0.2, 0.25) is 0 Å². The molecule has 1 aliphatic rings. The van der Waals surface area contributed by atoms with E-state index in [2.05, 4.69) is 21.2 Å². The molecule has 1 aliphatic heterocycles. The molecule has 106 valence electrons. The van der Waals surface area contributed by atoms with Crippen LogP contribution in [0, 0.1) is 0 Å². The SMILES string of the molecule is Nc1cccc(C(=O)N2CC(=O)Nc3ccccc32)c1Br. The number of nitrogen functional groups attached to an aromatic ring is 1. The zero-order valence-electron chi connectivity index (χ0n) is 11.0. The van der Waals surface area contributed by atoms with Gasteiger partial charge >= 0.3 is 0 Å². The first kappa shape index (κ1) is 13.6. The van der Waals surface area contributed by atoms with Crippen LogP contribution >= 0.6 is 15.9 Å². The van der Waals surface area contributed by atoms with Crippen molar-refractivity contribution in [3.05, 3.63) is 52.5 Å². The maximum absolute atomic E-state index is 12.7. The number of fused-ring (bicyclic) bond motifs is 1. The average Bonchev–Trinajstić information content (AvgIpc) is 2.48. The van der Waals surface area contributed by atoms with Crippen LogP contribution in [0.5, 0.6) is 0 Å². The molecule has 2 amide bonds. The van der Waals surface area contributed by atoms with Gasteiger partial charge in [0.1, 0.15) is 6.54 Å². The van der Waals surface area contributed by atoms with Gasteiger partial charge in [0.2, 0.25) is 5.91 Å². The molecular weight excluding hydrogens is 334 g/mol. The van der Waals surface area contributed by atoms with Crippen LogP contribution in [0.15, 0.2) is 46.9 Å². The van der Waals surface area contributed by atoms with Gasteiger partial charge in [0.05, 0.1) is 21.4 Å². The van der Waals surface area contributed by atoms with Gasteiger partial charge in [-0.05, 0) is 40.2 Å². The molecule has 1 heterocycles. The molecule has 0 radical (unpaired) electrons. The fraction of sp³-hybridized carbons (Fsp3) is 0.0667. The highest BCUT2D eigenvalue weighted by Crippen LogP contribution is 2.32. The van der Waals surface area contributed by atoms with Crippen molar-refractivity contribution in [2.75, 3.05) is 22.5 Å². The lowest BCUT2D eigenvalue weighted by atomic mass is 10.1. The van der Waals surface area contributed by atoms with Gasteiger partial charge in [-0.3, -0.25) is 14.5 Å². The summed E-state index contributed by atoms with van der Waals surface area (Å²) in [6.07, 6.45) is 0. The first-order valence-corrected chi connectivity index (χ1v) is 7.12. The van der Waals surface area contributed by atoms with Crippen molar-refractivity contribution < 1.29 is 9.59 Å². The minimum absolute atomic E-state index is 0.0168. The molecule has 3 rings (SSSR count). The van der Waals surface area contributed by atoms with Crippen LogP contribution in [0.1, 0.15) is 10.4 Å². The molecule has 0 spiro atoms. The Bertz CT molecular complexity index is 745. The maximum Gasteiger partial charge on any atom is 0.260 e. The quantitative estimate of drug-likeness (QED) is 0.780. The second kappa shape index (κ2) is 5.21. The summed E-state index contributed by atoms with van der Waals surface area (Å²) in [4.78, 5) is 26.0. The third kappa shape index (κ3) is 2.38. The summed E-state index contributed by atoms with van der Waals surface area (Å²) in [5, 5.41) is 2.75. The van der Waals surface area contributed by atoms with E-state index in [0.717, 1.165) is 0 Å². The summed E-state index contributed by atoms with van der Waals surface area (Å²) in [6.45, 7) is -0.0168. The monoisotopic (exact) mass is 345 g/mol. The number of hydrogen-bond donors (Lipinski definition) is 2. The molecule has 0 aliphatic carbocycles. The van der Waals surface area contributed by atoms with Crippen molar-refractivity contribution in [1.82, 2.24) is 0 Å². The van der Waals surface area contributed by atoms with E-state index >= 15 is 0 Å². The highest BCUT2D eigenvalue weighted by atomic mass is 79.9. The van der Waals surface area contributed by atoms with Crippen LogP contribution in [-0.4, -0.2) is 18.4 Å². The number of nitrogens with zero attached hydrogens (tertiary/aromatic N) is 1. The molecule has 3 N–H and O–H groups in total. The summed E-state index contributed by atoms with van der Waals surface area (Å²) >= 11 is 3.33. The van der Waals surface area contributed by atoms with E-state index in [0.29, 0.717) is 27.1 Å². The Morgan fingerprint density at radius 1 is 1.19 bits per heavy atom. The van der Waals surface area contributed by atoms with Crippen molar-refractivity contribution >= 4 is 44.8 Å². The third-order valence-corrected chi connectivity index (χ3v) is 4.16. The second-order valence-corrected chi connectivity index (χ2v) is 5.46. The Hall–Kier alpha value is -2.34. The first-order chi connectivity index (χ1) is 10.1. The van der Waals surface area contributed by atoms with E-state index in [1.54, 1.807) is 30.3 Å². The Morgan fingerprint density at radius 2 is 1.95 bits per heavy atom. The number of halogens is 1. The third-order valence-electron chi connectivity index (χ3n) is 3.27. The lowest BCUT2D eigenvalue weighted by Gasteiger charge is -2.29. The molecule has 0 fully saturated rings. The smallest absolute Gasteiger partial charge is 0.260 e. The molecule has 6 heteroatoms. The fourth-order valence-electron chi connectivity index (χ4n) is 2.27. The highest BCUT2D eigenvalue weighted by molar-refractivity contribution is 9.10. The van der Waals surface area contributed by atoms with E-state index in [1.807, 2.05) is 12.1 Å². The molecule has 21 heavy (non-hydrogen) atoms. The van der Waals surface area contributed by atoms with Gasteiger partial charge in [0.15, 0.2) is 0 Å². The van der Waals surface area contributed by atoms with Crippen molar-refractivity contribution in [3.8, 4) is 0 Å². The van der Waals surface area contributed by atoms with Crippen LogP contribution in [0.3, 0.4) is 0 Å². The minimum Gasteiger partial charge on any atom is -0.398 e. The number of carbonyl (C=O) groups is 2. The van der Waals surface area contributed by atoms with Gasteiger partial charge in [-0.15, -0.1) is 0 Å². The Kier molecular flexibility index (Phi) is 3.39. The van der Waals surface area contributed by atoms with Gasteiger partial charge < -0.3 is 11.1 Å². The number of amides is 2. The molecule has 0 saturated carbocycles. The van der Waals surface area contributed by atoms with Crippen molar-refractivity contribution in [2.45, 2.75) is 0 Å².